The standard InChI is InChI=1S/C16H21NO3/c1-2-13-11-19-8-7-17(13)10-14(18)16-9-12-5-3-4-6-15(12)20-16/h3-6,9,13-14,18H,2,7-8,10-11H2,1H3. The number of morpholine rings is 1. The minimum Gasteiger partial charge on any atom is -0.458 e. The van der Waals surface area contributed by atoms with Crippen LogP contribution >= 0.6 is 0 Å². The molecule has 0 saturated carbocycles. The molecular weight excluding hydrogens is 254 g/mol. The SMILES string of the molecule is CCC1COCCN1CC(O)c1cc2ccccc2o1. The average Bonchev–Trinajstić information content (AvgIpc) is 2.92. The Hall–Kier alpha value is -1.36. The number of hydrogen-bond acceptors (Lipinski definition) is 4. The smallest absolute Gasteiger partial charge is 0.135 e. The lowest BCUT2D eigenvalue weighted by Gasteiger charge is -2.35. The molecule has 0 spiro atoms. The normalized spacial score (nSPS) is 22.2. The first kappa shape index (κ1) is 13.6. The molecule has 0 amide bonds. The van der Waals surface area contributed by atoms with Crippen molar-refractivity contribution in [2.75, 3.05) is 26.3 Å². The van der Waals surface area contributed by atoms with Crippen molar-refractivity contribution in [2.45, 2.75) is 25.5 Å². The minimum atomic E-state index is -0.588. The number of furan rings is 1. The molecule has 1 aromatic heterocycles. The molecule has 1 N–H and O–H groups in total. The van der Waals surface area contributed by atoms with Crippen LogP contribution in [0.1, 0.15) is 25.2 Å². The highest BCUT2D eigenvalue weighted by Crippen LogP contribution is 2.25. The third kappa shape index (κ3) is 2.73. The fourth-order valence-electron chi connectivity index (χ4n) is 2.78. The lowest BCUT2D eigenvalue weighted by Crippen LogP contribution is -2.46. The van der Waals surface area contributed by atoms with Crippen molar-refractivity contribution < 1.29 is 14.3 Å². The summed E-state index contributed by atoms with van der Waals surface area (Å²) in [6.45, 7) is 5.12. The van der Waals surface area contributed by atoms with E-state index in [0.29, 0.717) is 18.3 Å². The Bertz CT molecular complexity index is 533. The van der Waals surface area contributed by atoms with Gasteiger partial charge in [-0.05, 0) is 18.6 Å². The summed E-state index contributed by atoms with van der Waals surface area (Å²) in [6.07, 6.45) is 0.446. The van der Waals surface area contributed by atoms with Crippen LogP contribution in [0, 0.1) is 0 Å². The molecule has 1 aliphatic heterocycles. The number of rotatable bonds is 4. The summed E-state index contributed by atoms with van der Waals surface area (Å²) in [6, 6.07) is 10.2. The summed E-state index contributed by atoms with van der Waals surface area (Å²) in [7, 11) is 0. The van der Waals surface area contributed by atoms with E-state index >= 15 is 0 Å². The van der Waals surface area contributed by atoms with E-state index in [1.54, 1.807) is 0 Å². The van der Waals surface area contributed by atoms with Crippen molar-refractivity contribution in [3.05, 3.63) is 36.1 Å². The number of fused-ring (bicyclic) bond motifs is 1. The van der Waals surface area contributed by atoms with Crippen LogP contribution in [0.4, 0.5) is 0 Å². The zero-order chi connectivity index (χ0) is 13.9. The lowest BCUT2D eigenvalue weighted by atomic mass is 10.1. The molecule has 1 aromatic carbocycles. The Balaban J connectivity index is 1.73. The molecule has 1 fully saturated rings. The van der Waals surface area contributed by atoms with E-state index in [0.717, 1.165) is 37.1 Å². The molecule has 0 bridgehead atoms. The molecule has 108 valence electrons. The molecule has 2 atom stereocenters. The second-order valence-corrected chi connectivity index (χ2v) is 5.33. The van der Waals surface area contributed by atoms with Gasteiger partial charge in [-0.1, -0.05) is 25.1 Å². The lowest BCUT2D eigenvalue weighted by molar-refractivity contribution is -0.0303. The Morgan fingerprint density at radius 1 is 1.40 bits per heavy atom. The molecule has 1 aliphatic rings. The van der Waals surface area contributed by atoms with Gasteiger partial charge in [0.15, 0.2) is 0 Å². The van der Waals surface area contributed by atoms with Gasteiger partial charge in [0.2, 0.25) is 0 Å². The minimum absolute atomic E-state index is 0.391. The Kier molecular flexibility index (Phi) is 4.05. The summed E-state index contributed by atoms with van der Waals surface area (Å²) in [5.74, 6) is 0.646. The van der Waals surface area contributed by atoms with E-state index in [1.807, 2.05) is 30.3 Å². The van der Waals surface area contributed by atoms with E-state index in [2.05, 4.69) is 11.8 Å². The number of para-hydroxylation sites is 1. The van der Waals surface area contributed by atoms with E-state index in [9.17, 15) is 5.11 Å². The molecule has 2 unspecified atom stereocenters. The maximum Gasteiger partial charge on any atom is 0.135 e. The number of aliphatic hydroxyl groups is 1. The predicted molar refractivity (Wildman–Crippen MR) is 77.6 cm³/mol. The Morgan fingerprint density at radius 2 is 2.25 bits per heavy atom. The molecule has 4 heteroatoms. The number of aliphatic hydroxyl groups excluding tert-OH is 1. The maximum absolute atomic E-state index is 10.4. The van der Waals surface area contributed by atoms with Gasteiger partial charge in [-0.15, -0.1) is 0 Å². The van der Waals surface area contributed by atoms with Crippen LogP contribution in [-0.4, -0.2) is 42.4 Å². The molecule has 2 heterocycles. The van der Waals surface area contributed by atoms with Gasteiger partial charge in [-0.2, -0.15) is 0 Å². The fourth-order valence-corrected chi connectivity index (χ4v) is 2.78. The molecule has 4 nitrogen and oxygen atoms in total. The van der Waals surface area contributed by atoms with Gasteiger partial charge >= 0.3 is 0 Å². The van der Waals surface area contributed by atoms with Crippen molar-refractivity contribution in [1.29, 1.82) is 0 Å². The average molecular weight is 275 g/mol. The molecule has 20 heavy (non-hydrogen) atoms. The monoisotopic (exact) mass is 275 g/mol. The third-order valence-corrected chi connectivity index (χ3v) is 4.00. The molecule has 0 radical (unpaired) electrons. The van der Waals surface area contributed by atoms with Crippen molar-refractivity contribution in [3.8, 4) is 0 Å². The van der Waals surface area contributed by atoms with Crippen molar-refractivity contribution in [2.24, 2.45) is 0 Å². The first-order valence-electron chi connectivity index (χ1n) is 7.26. The number of hydrogen-bond donors (Lipinski definition) is 1. The van der Waals surface area contributed by atoms with Crippen molar-refractivity contribution in [1.82, 2.24) is 4.90 Å². The molecular formula is C16H21NO3. The number of β-amino-alcohol motifs (C(OH)–C–C–N with tert-alkyl or cyclic N) is 1. The summed E-state index contributed by atoms with van der Waals surface area (Å²) in [4.78, 5) is 2.29. The van der Waals surface area contributed by atoms with Gasteiger partial charge in [-0.3, -0.25) is 4.90 Å². The Labute approximate surface area is 118 Å². The number of ether oxygens (including phenoxy) is 1. The van der Waals surface area contributed by atoms with Crippen LogP contribution in [0.15, 0.2) is 34.7 Å². The highest BCUT2D eigenvalue weighted by atomic mass is 16.5. The quantitative estimate of drug-likeness (QED) is 0.931. The molecule has 3 rings (SSSR count). The van der Waals surface area contributed by atoms with Crippen LogP contribution in [0.2, 0.25) is 0 Å². The van der Waals surface area contributed by atoms with Crippen molar-refractivity contribution >= 4 is 11.0 Å². The summed E-state index contributed by atoms with van der Waals surface area (Å²) in [5.41, 5.74) is 0.829. The summed E-state index contributed by atoms with van der Waals surface area (Å²) in [5, 5.41) is 11.4. The second-order valence-electron chi connectivity index (χ2n) is 5.33. The van der Waals surface area contributed by atoms with Crippen LogP contribution in [0.5, 0.6) is 0 Å². The van der Waals surface area contributed by atoms with Crippen LogP contribution in [0.3, 0.4) is 0 Å². The van der Waals surface area contributed by atoms with Crippen LogP contribution < -0.4 is 0 Å². The molecule has 0 aliphatic carbocycles. The fraction of sp³-hybridized carbons (Fsp3) is 0.500. The first-order valence-corrected chi connectivity index (χ1v) is 7.26. The predicted octanol–water partition coefficient (Wildman–Crippen LogP) is 2.58. The highest BCUT2D eigenvalue weighted by Gasteiger charge is 2.25. The number of nitrogens with zero attached hydrogens (tertiary/aromatic N) is 1. The first-order chi connectivity index (χ1) is 9.78. The largest absolute Gasteiger partial charge is 0.458 e. The second kappa shape index (κ2) is 5.95. The number of benzene rings is 1. The topological polar surface area (TPSA) is 45.8 Å². The van der Waals surface area contributed by atoms with Gasteiger partial charge in [0, 0.05) is 24.5 Å². The van der Waals surface area contributed by atoms with Crippen LogP contribution in [0.25, 0.3) is 11.0 Å². The van der Waals surface area contributed by atoms with Gasteiger partial charge in [0.25, 0.3) is 0 Å². The third-order valence-electron chi connectivity index (χ3n) is 4.00. The molecule has 2 aromatic rings. The highest BCUT2D eigenvalue weighted by molar-refractivity contribution is 5.77. The zero-order valence-electron chi connectivity index (χ0n) is 11.8. The summed E-state index contributed by atoms with van der Waals surface area (Å²) < 4.78 is 11.2. The van der Waals surface area contributed by atoms with Gasteiger partial charge in [-0.25, -0.2) is 0 Å². The van der Waals surface area contributed by atoms with E-state index in [-0.39, 0.29) is 0 Å². The zero-order valence-corrected chi connectivity index (χ0v) is 11.8. The maximum atomic E-state index is 10.4. The van der Waals surface area contributed by atoms with Gasteiger partial charge in [0.1, 0.15) is 17.4 Å². The Morgan fingerprint density at radius 3 is 3.05 bits per heavy atom. The van der Waals surface area contributed by atoms with Crippen molar-refractivity contribution in [3.63, 3.8) is 0 Å². The van der Waals surface area contributed by atoms with E-state index in [4.69, 9.17) is 9.15 Å². The van der Waals surface area contributed by atoms with E-state index < -0.39 is 6.10 Å². The van der Waals surface area contributed by atoms with E-state index in [1.165, 1.54) is 0 Å². The summed E-state index contributed by atoms with van der Waals surface area (Å²) >= 11 is 0. The van der Waals surface area contributed by atoms with Gasteiger partial charge in [0.05, 0.1) is 13.2 Å². The molecule has 1 saturated heterocycles. The van der Waals surface area contributed by atoms with Gasteiger partial charge < -0.3 is 14.3 Å². The van der Waals surface area contributed by atoms with Crippen LogP contribution in [-0.2, 0) is 4.74 Å².